The molecular weight excluding hydrogens is 377 g/mol. The number of rotatable bonds is 7. The summed E-state index contributed by atoms with van der Waals surface area (Å²) in [6, 6.07) is 10.7. The maximum absolute atomic E-state index is 12.8. The molecule has 0 aliphatic heterocycles. The fourth-order valence-corrected chi connectivity index (χ4v) is 4.17. The molecular formula is C17H14FN3O3S2. The van der Waals surface area contributed by atoms with E-state index in [1.165, 1.54) is 47.4 Å². The van der Waals surface area contributed by atoms with Crippen LogP contribution in [0.5, 0.6) is 0 Å². The molecule has 3 aromatic rings. The van der Waals surface area contributed by atoms with E-state index in [2.05, 4.69) is 10.3 Å². The lowest BCUT2D eigenvalue weighted by Gasteiger charge is -2.04. The normalized spacial score (nSPS) is 10.8. The second kappa shape index (κ2) is 8.24. The van der Waals surface area contributed by atoms with Gasteiger partial charge in [-0.2, -0.15) is 0 Å². The number of nitrogens with one attached hydrogen (secondary N) is 1. The van der Waals surface area contributed by atoms with Crippen molar-refractivity contribution in [3.63, 3.8) is 0 Å². The Kier molecular flexibility index (Phi) is 5.79. The van der Waals surface area contributed by atoms with Crippen molar-refractivity contribution >= 4 is 44.9 Å². The molecule has 0 aliphatic rings. The number of hydrogen-bond acceptors (Lipinski definition) is 6. The second-order valence-electron chi connectivity index (χ2n) is 5.40. The van der Waals surface area contributed by atoms with Crippen LogP contribution in [0.25, 0.3) is 10.2 Å². The number of thiazole rings is 1. The molecule has 0 fully saturated rings. The number of halogens is 1. The van der Waals surface area contributed by atoms with Crippen molar-refractivity contribution in [1.82, 2.24) is 10.3 Å². The van der Waals surface area contributed by atoms with E-state index in [1.54, 1.807) is 18.2 Å². The van der Waals surface area contributed by atoms with E-state index in [0.29, 0.717) is 22.8 Å². The molecule has 6 nitrogen and oxygen atoms in total. The van der Waals surface area contributed by atoms with E-state index < -0.39 is 4.92 Å². The van der Waals surface area contributed by atoms with Crippen LogP contribution in [0, 0.1) is 15.9 Å². The predicted octanol–water partition coefficient (Wildman–Crippen LogP) is 3.79. The number of carbonyl (C=O) groups excluding carboxylic acids is 1. The van der Waals surface area contributed by atoms with Gasteiger partial charge in [-0.05, 0) is 30.2 Å². The van der Waals surface area contributed by atoms with Crippen molar-refractivity contribution in [2.45, 2.75) is 10.8 Å². The number of benzene rings is 2. The Morgan fingerprint density at radius 3 is 2.77 bits per heavy atom. The third-order valence-electron chi connectivity index (χ3n) is 3.54. The minimum Gasteiger partial charge on any atom is -0.355 e. The highest BCUT2D eigenvalue weighted by Crippen LogP contribution is 2.31. The molecule has 0 atom stereocenters. The summed E-state index contributed by atoms with van der Waals surface area (Å²) in [7, 11) is 0. The van der Waals surface area contributed by atoms with Gasteiger partial charge in [-0.15, -0.1) is 11.3 Å². The van der Waals surface area contributed by atoms with E-state index in [9.17, 15) is 19.3 Å². The zero-order chi connectivity index (χ0) is 18.5. The molecule has 0 aliphatic carbocycles. The lowest BCUT2D eigenvalue weighted by molar-refractivity contribution is -0.384. The van der Waals surface area contributed by atoms with Gasteiger partial charge in [0.15, 0.2) is 4.34 Å². The molecule has 0 saturated heterocycles. The fraction of sp³-hybridized carbons (Fsp3) is 0.176. The van der Waals surface area contributed by atoms with Crippen molar-refractivity contribution in [3.8, 4) is 0 Å². The van der Waals surface area contributed by atoms with Crippen LogP contribution in [0.2, 0.25) is 0 Å². The molecule has 0 radical (unpaired) electrons. The van der Waals surface area contributed by atoms with Gasteiger partial charge in [0.25, 0.3) is 5.69 Å². The highest BCUT2D eigenvalue weighted by atomic mass is 32.2. The number of aromatic nitrogens is 1. The molecule has 1 heterocycles. The Balaban J connectivity index is 1.48. The topological polar surface area (TPSA) is 85.1 Å². The van der Waals surface area contributed by atoms with Crippen LogP contribution in [0.4, 0.5) is 10.1 Å². The number of non-ortho nitro benzene ring substituents is 1. The standard InChI is InChI=1S/C17H14FN3O3S2/c18-12-3-1-11(2-4-12)7-8-19-16(22)10-25-17-20-14-6-5-13(21(23)24)9-15(14)26-17/h1-6,9H,7-8,10H2,(H,19,22). The van der Waals surface area contributed by atoms with Gasteiger partial charge in [0.1, 0.15) is 5.82 Å². The minimum absolute atomic E-state index is 0.0243. The van der Waals surface area contributed by atoms with Crippen LogP contribution in [0.1, 0.15) is 5.56 Å². The average molecular weight is 391 g/mol. The monoisotopic (exact) mass is 391 g/mol. The number of hydrogen-bond donors (Lipinski definition) is 1. The van der Waals surface area contributed by atoms with Gasteiger partial charge >= 0.3 is 0 Å². The van der Waals surface area contributed by atoms with Crippen LogP contribution < -0.4 is 5.32 Å². The quantitative estimate of drug-likeness (QED) is 0.376. The van der Waals surface area contributed by atoms with Crippen LogP contribution >= 0.6 is 23.1 Å². The third-order valence-corrected chi connectivity index (χ3v) is 5.70. The van der Waals surface area contributed by atoms with Crippen LogP contribution in [0.15, 0.2) is 46.8 Å². The first-order valence-electron chi connectivity index (χ1n) is 7.70. The largest absolute Gasteiger partial charge is 0.355 e. The summed E-state index contributed by atoms with van der Waals surface area (Å²) in [5.74, 6) is -0.191. The van der Waals surface area contributed by atoms with Gasteiger partial charge in [-0.25, -0.2) is 9.37 Å². The molecule has 1 amide bonds. The maximum Gasteiger partial charge on any atom is 0.270 e. The number of carbonyl (C=O) groups is 1. The summed E-state index contributed by atoms with van der Waals surface area (Å²) in [6.45, 7) is 0.469. The molecule has 3 rings (SSSR count). The predicted molar refractivity (Wildman–Crippen MR) is 100 cm³/mol. The SMILES string of the molecule is O=C(CSc1nc2ccc([N+](=O)[O-])cc2s1)NCCc1ccc(F)cc1. The Labute approximate surface area is 156 Å². The first-order chi connectivity index (χ1) is 12.5. The van der Waals surface area contributed by atoms with E-state index in [-0.39, 0.29) is 23.2 Å². The Bertz CT molecular complexity index is 944. The average Bonchev–Trinajstić information content (AvgIpc) is 3.03. The second-order valence-corrected chi connectivity index (χ2v) is 7.66. The number of amides is 1. The van der Waals surface area contributed by atoms with Crippen molar-refractivity contribution < 1.29 is 14.1 Å². The smallest absolute Gasteiger partial charge is 0.270 e. The van der Waals surface area contributed by atoms with Gasteiger partial charge in [-0.1, -0.05) is 23.9 Å². The number of nitro groups is 1. The zero-order valence-corrected chi connectivity index (χ0v) is 15.1. The third kappa shape index (κ3) is 4.77. The number of nitro benzene ring substituents is 1. The number of fused-ring (bicyclic) bond motifs is 1. The van der Waals surface area contributed by atoms with E-state index in [1.807, 2.05) is 0 Å². The van der Waals surface area contributed by atoms with E-state index in [4.69, 9.17) is 0 Å². The molecule has 2 aromatic carbocycles. The molecule has 134 valence electrons. The zero-order valence-electron chi connectivity index (χ0n) is 13.5. The first-order valence-corrected chi connectivity index (χ1v) is 9.50. The molecule has 0 spiro atoms. The van der Waals surface area contributed by atoms with Gasteiger partial charge in [0.2, 0.25) is 5.91 Å². The highest BCUT2D eigenvalue weighted by molar-refractivity contribution is 8.01. The van der Waals surface area contributed by atoms with Crippen molar-refractivity contribution in [3.05, 3.63) is 64.0 Å². The number of thioether (sulfide) groups is 1. The van der Waals surface area contributed by atoms with Crippen LogP contribution in [-0.2, 0) is 11.2 Å². The van der Waals surface area contributed by atoms with Gasteiger partial charge in [0.05, 0.1) is 20.9 Å². The van der Waals surface area contributed by atoms with E-state index in [0.717, 1.165) is 10.3 Å². The van der Waals surface area contributed by atoms with Crippen molar-refractivity contribution in [2.24, 2.45) is 0 Å². The fourth-order valence-electron chi connectivity index (χ4n) is 2.24. The van der Waals surface area contributed by atoms with Crippen LogP contribution in [0.3, 0.4) is 0 Å². The number of nitrogens with zero attached hydrogens (tertiary/aromatic N) is 2. The summed E-state index contributed by atoms with van der Waals surface area (Å²) in [6.07, 6.45) is 0.626. The molecule has 0 unspecified atom stereocenters. The first kappa shape index (κ1) is 18.3. The summed E-state index contributed by atoms with van der Waals surface area (Å²) in [5.41, 5.74) is 1.66. The molecule has 1 aromatic heterocycles. The summed E-state index contributed by atoms with van der Waals surface area (Å²) in [5, 5.41) is 13.6. The van der Waals surface area contributed by atoms with Crippen molar-refractivity contribution in [2.75, 3.05) is 12.3 Å². The Morgan fingerprint density at radius 2 is 2.04 bits per heavy atom. The molecule has 0 bridgehead atoms. The Hall–Kier alpha value is -2.52. The van der Waals surface area contributed by atoms with Gasteiger partial charge in [-0.3, -0.25) is 14.9 Å². The summed E-state index contributed by atoms with van der Waals surface area (Å²) >= 11 is 2.62. The lowest BCUT2D eigenvalue weighted by atomic mass is 10.1. The highest BCUT2D eigenvalue weighted by Gasteiger charge is 2.11. The summed E-state index contributed by atoms with van der Waals surface area (Å²) < 4.78 is 14.2. The Morgan fingerprint density at radius 1 is 1.27 bits per heavy atom. The van der Waals surface area contributed by atoms with Crippen LogP contribution in [-0.4, -0.2) is 28.1 Å². The molecule has 9 heteroatoms. The van der Waals surface area contributed by atoms with Gasteiger partial charge < -0.3 is 5.32 Å². The lowest BCUT2D eigenvalue weighted by Crippen LogP contribution is -2.27. The van der Waals surface area contributed by atoms with Crippen molar-refractivity contribution in [1.29, 1.82) is 0 Å². The summed E-state index contributed by atoms with van der Waals surface area (Å²) in [4.78, 5) is 26.6. The minimum atomic E-state index is -0.444. The van der Waals surface area contributed by atoms with E-state index >= 15 is 0 Å². The molecule has 26 heavy (non-hydrogen) atoms. The van der Waals surface area contributed by atoms with Gasteiger partial charge in [0, 0.05) is 18.7 Å². The molecule has 0 saturated carbocycles. The molecule has 1 N–H and O–H groups in total. The maximum atomic E-state index is 12.8.